The molecule has 1 aliphatic rings. The summed E-state index contributed by atoms with van der Waals surface area (Å²) in [6, 6.07) is 42.1. The maximum Gasteiger partial charge on any atom is 0.0553 e. The Morgan fingerprint density at radius 2 is 1.06 bits per heavy atom. The molecule has 0 N–H and O–H groups in total. The Morgan fingerprint density at radius 3 is 1.94 bits per heavy atom. The minimum Gasteiger partial charge on any atom is -0.309 e. The van der Waals surface area contributed by atoms with Crippen molar-refractivity contribution in [2.24, 2.45) is 0 Å². The van der Waals surface area contributed by atoms with E-state index in [9.17, 15) is 0 Å². The fourth-order valence-corrected chi connectivity index (χ4v) is 5.99. The summed E-state index contributed by atoms with van der Waals surface area (Å²) in [5.74, 6) is 0. The van der Waals surface area contributed by atoms with Crippen LogP contribution in [0.25, 0.3) is 71.3 Å². The molecular weight excluding hydrogens is 398 g/mol. The largest absolute Gasteiger partial charge is 0.309 e. The van der Waals surface area contributed by atoms with Gasteiger partial charge in [0.15, 0.2) is 0 Å². The smallest absolute Gasteiger partial charge is 0.0553 e. The molecule has 0 radical (unpaired) electrons. The average Bonchev–Trinajstić information content (AvgIpc) is 3.39. The van der Waals surface area contributed by atoms with Crippen molar-refractivity contribution in [3.8, 4) is 27.9 Å². The second-order valence-corrected chi connectivity index (χ2v) is 8.94. The van der Waals surface area contributed by atoms with Crippen LogP contribution in [0.4, 0.5) is 0 Å². The molecule has 1 heteroatoms. The number of nitrogens with zero attached hydrogens (tertiary/aromatic N) is 1. The highest BCUT2D eigenvalue weighted by atomic mass is 15.0. The molecule has 0 saturated carbocycles. The molecule has 0 unspecified atom stereocenters. The molecule has 0 amide bonds. The van der Waals surface area contributed by atoms with Crippen molar-refractivity contribution in [3.05, 3.63) is 115 Å². The van der Waals surface area contributed by atoms with E-state index in [1.54, 1.807) is 0 Å². The lowest BCUT2D eigenvalue weighted by Gasteiger charge is -2.10. The normalized spacial score (nSPS) is 12.2. The minimum absolute atomic E-state index is 1.20. The van der Waals surface area contributed by atoms with Crippen LogP contribution >= 0.6 is 0 Å². The van der Waals surface area contributed by atoms with Gasteiger partial charge < -0.3 is 4.57 Å². The number of aromatic nitrogens is 1. The summed E-state index contributed by atoms with van der Waals surface area (Å²) in [5, 5.41) is 8.00. The molecular formula is C32H19N. The van der Waals surface area contributed by atoms with Gasteiger partial charge in [0.25, 0.3) is 0 Å². The first kappa shape index (κ1) is 17.2. The molecule has 1 aromatic heterocycles. The van der Waals surface area contributed by atoms with Gasteiger partial charge in [0.2, 0.25) is 0 Å². The van der Waals surface area contributed by atoms with E-state index < -0.39 is 0 Å². The van der Waals surface area contributed by atoms with Gasteiger partial charge in [0.1, 0.15) is 0 Å². The Kier molecular flexibility index (Phi) is 3.19. The van der Waals surface area contributed by atoms with Gasteiger partial charge in [0, 0.05) is 16.5 Å². The summed E-state index contributed by atoms with van der Waals surface area (Å²) in [6.45, 7) is 0. The van der Waals surface area contributed by atoms with Crippen molar-refractivity contribution in [1.82, 2.24) is 4.57 Å². The van der Waals surface area contributed by atoms with Gasteiger partial charge >= 0.3 is 0 Å². The van der Waals surface area contributed by atoms with Crippen molar-refractivity contribution in [1.29, 1.82) is 0 Å². The van der Waals surface area contributed by atoms with E-state index in [0.29, 0.717) is 0 Å². The van der Waals surface area contributed by atoms with Crippen LogP contribution in [0.5, 0.6) is 0 Å². The second kappa shape index (κ2) is 6.11. The summed E-state index contributed by atoms with van der Waals surface area (Å²) in [6.07, 6.45) is 0. The van der Waals surface area contributed by atoms with E-state index in [4.69, 9.17) is 0 Å². The lowest BCUT2D eigenvalue weighted by atomic mass is 9.96. The number of rotatable bonds is 1. The van der Waals surface area contributed by atoms with E-state index in [1.165, 1.54) is 71.3 Å². The molecule has 1 nitrogen and oxygen atoms in total. The molecule has 33 heavy (non-hydrogen) atoms. The SMILES string of the molecule is c1ccc(-n2c3ccc4ccccc4c3c3c4cccc5c4c(cc32)-c2ccccc2-5)cc1. The Balaban J connectivity index is 1.70. The first-order valence-corrected chi connectivity index (χ1v) is 11.5. The van der Waals surface area contributed by atoms with Gasteiger partial charge in [-0.15, -0.1) is 0 Å². The van der Waals surface area contributed by atoms with Crippen LogP contribution in [0.15, 0.2) is 115 Å². The van der Waals surface area contributed by atoms with Gasteiger partial charge in [-0.3, -0.25) is 0 Å². The van der Waals surface area contributed by atoms with Crippen LogP contribution in [0, 0.1) is 0 Å². The van der Waals surface area contributed by atoms with Crippen LogP contribution in [0.1, 0.15) is 0 Å². The highest BCUT2D eigenvalue weighted by molar-refractivity contribution is 6.33. The zero-order chi connectivity index (χ0) is 21.5. The standard InChI is InChI=1S/C32H19N/c1-2-10-21(11-3-1)33-28-18-17-20-9-4-5-12-22(20)31(28)32-26-16-8-15-25-23-13-6-7-14-24(23)27(30(25)26)19-29(32)33/h1-19H. The number of para-hydroxylation sites is 1. The molecule has 8 rings (SSSR count). The predicted octanol–water partition coefficient (Wildman–Crippen LogP) is 8.74. The third kappa shape index (κ3) is 2.12. The van der Waals surface area contributed by atoms with Gasteiger partial charge in [0.05, 0.1) is 11.0 Å². The Hall–Kier alpha value is -4.36. The highest BCUT2D eigenvalue weighted by Gasteiger charge is 2.25. The fraction of sp³-hybridized carbons (Fsp3) is 0. The van der Waals surface area contributed by atoms with Crippen LogP contribution < -0.4 is 0 Å². The van der Waals surface area contributed by atoms with Crippen molar-refractivity contribution >= 4 is 43.4 Å². The zero-order valence-electron chi connectivity index (χ0n) is 17.9. The van der Waals surface area contributed by atoms with Crippen molar-refractivity contribution in [2.45, 2.75) is 0 Å². The third-order valence-electron chi connectivity index (χ3n) is 7.30. The minimum atomic E-state index is 1.20. The summed E-state index contributed by atoms with van der Waals surface area (Å²) in [7, 11) is 0. The predicted molar refractivity (Wildman–Crippen MR) is 140 cm³/mol. The lowest BCUT2D eigenvalue weighted by molar-refractivity contribution is 1.18. The van der Waals surface area contributed by atoms with Gasteiger partial charge in [-0.2, -0.15) is 0 Å². The molecule has 0 spiro atoms. The molecule has 0 fully saturated rings. The summed E-state index contributed by atoms with van der Waals surface area (Å²) in [5.41, 5.74) is 9.08. The quantitative estimate of drug-likeness (QED) is 0.252. The number of hydrogen-bond donors (Lipinski definition) is 0. The maximum absolute atomic E-state index is 2.45. The molecule has 0 bridgehead atoms. The summed E-state index contributed by atoms with van der Waals surface area (Å²) < 4.78 is 2.45. The highest BCUT2D eigenvalue weighted by Crippen LogP contribution is 2.51. The van der Waals surface area contributed by atoms with E-state index in [-0.39, 0.29) is 0 Å². The fourth-order valence-electron chi connectivity index (χ4n) is 5.99. The molecule has 7 aromatic rings. The van der Waals surface area contributed by atoms with E-state index in [1.807, 2.05) is 0 Å². The topological polar surface area (TPSA) is 4.93 Å². The molecule has 0 aliphatic heterocycles. The summed E-state index contributed by atoms with van der Waals surface area (Å²) >= 11 is 0. The first-order valence-electron chi connectivity index (χ1n) is 11.5. The zero-order valence-corrected chi connectivity index (χ0v) is 17.9. The van der Waals surface area contributed by atoms with Crippen molar-refractivity contribution < 1.29 is 0 Å². The first-order chi connectivity index (χ1) is 16.4. The van der Waals surface area contributed by atoms with Crippen LogP contribution in [-0.4, -0.2) is 4.57 Å². The van der Waals surface area contributed by atoms with Gasteiger partial charge in [-0.1, -0.05) is 91.0 Å². The Bertz CT molecular complexity index is 1910. The Morgan fingerprint density at radius 1 is 0.394 bits per heavy atom. The van der Waals surface area contributed by atoms with E-state index >= 15 is 0 Å². The number of benzene rings is 6. The molecule has 1 aliphatic carbocycles. The lowest BCUT2D eigenvalue weighted by Crippen LogP contribution is -1.93. The maximum atomic E-state index is 2.45. The molecule has 152 valence electrons. The van der Waals surface area contributed by atoms with Crippen LogP contribution in [0.3, 0.4) is 0 Å². The van der Waals surface area contributed by atoms with Gasteiger partial charge in [-0.25, -0.2) is 0 Å². The number of hydrogen-bond acceptors (Lipinski definition) is 0. The number of fused-ring (bicyclic) bond motifs is 9. The third-order valence-corrected chi connectivity index (χ3v) is 7.30. The molecule has 1 heterocycles. The molecule has 6 aromatic carbocycles. The molecule has 0 saturated heterocycles. The second-order valence-electron chi connectivity index (χ2n) is 8.94. The van der Waals surface area contributed by atoms with Crippen LogP contribution in [0.2, 0.25) is 0 Å². The molecule has 0 atom stereocenters. The monoisotopic (exact) mass is 417 g/mol. The van der Waals surface area contributed by atoms with Gasteiger partial charge in [-0.05, 0) is 68.1 Å². The van der Waals surface area contributed by atoms with E-state index in [2.05, 4.69) is 120 Å². The van der Waals surface area contributed by atoms with Crippen molar-refractivity contribution in [2.75, 3.05) is 0 Å². The Labute approximate surface area is 191 Å². The van der Waals surface area contributed by atoms with Crippen molar-refractivity contribution in [3.63, 3.8) is 0 Å². The van der Waals surface area contributed by atoms with Crippen LogP contribution in [-0.2, 0) is 0 Å². The average molecular weight is 418 g/mol. The van der Waals surface area contributed by atoms with E-state index in [0.717, 1.165) is 0 Å². The summed E-state index contributed by atoms with van der Waals surface area (Å²) in [4.78, 5) is 0.